The van der Waals surface area contributed by atoms with E-state index < -0.39 is 10.0 Å². The highest BCUT2D eigenvalue weighted by atomic mass is 32.2. The number of carbonyl (C=O) groups is 1. The van der Waals surface area contributed by atoms with E-state index in [4.69, 9.17) is 0 Å². The van der Waals surface area contributed by atoms with Gasteiger partial charge in [0, 0.05) is 19.0 Å². The fourth-order valence-electron chi connectivity index (χ4n) is 2.96. The molecule has 1 aliphatic carbocycles. The van der Waals surface area contributed by atoms with Crippen LogP contribution in [0.3, 0.4) is 0 Å². The number of rotatable bonds is 6. The van der Waals surface area contributed by atoms with Gasteiger partial charge >= 0.3 is 0 Å². The average Bonchev–Trinajstić information content (AvgIpc) is 3.30. The molecule has 0 saturated heterocycles. The van der Waals surface area contributed by atoms with Gasteiger partial charge in [0.2, 0.25) is 15.9 Å². The molecule has 1 amide bonds. The first-order valence-corrected chi connectivity index (χ1v) is 9.55. The fourth-order valence-corrected chi connectivity index (χ4v) is 3.43. The second-order valence-electron chi connectivity index (χ2n) is 5.97. The number of amides is 1. The van der Waals surface area contributed by atoms with E-state index in [1.54, 1.807) is 0 Å². The van der Waals surface area contributed by atoms with E-state index in [-0.39, 0.29) is 24.3 Å². The summed E-state index contributed by atoms with van der Waals surface area (Å²) in [6, 6.07) is 14.4. The molecule has 0 radical (unpaired) electrons. The second-order valence-corrected chi connectivity index (χ2v) is 7.81. The first kappa shape index (κ1) is 16.0. The molecule has 0 unspecified atom stereocenters. The standard InChI is InChI=1S/C17H20N2O3S/c1-23(21,22)19-10-9-18-17(20)16-11-15(16)14-8-4-6-12-5-2-3-7-13(12)14/h2-8,15-16,19H,9-11H2,1H3,(H,18,20)/t15-,16-/m0/s1. The van der Waals surface area contributed by atoms with Gasteiger partial charge in [0.15, 0.2) is 0 Å². The molecule has 2 atom stereocenters. The van der Waals surface area contributed by atoms with E-state index in [1.165, 1.54) is 16.3 Å². The van der Waals surface area contributed by atoms with Crippen LogP contribution in [0.4, 0.5) is 0 Å². The van der Waals surface area contributed by atoms with Crippen LogP contribution in [0.2, 0.25) is 0 Å². The molecule has 1 saturated carbocycles. The van der Waals surface area contributed by atoms with Crippen LogP contribution < -0.4 is 10.0 Å². The predicted octanol–water partition coefficient (Wildman–Crippen LogP) is 1.61. The lowest BCUT2D eigenvalue weighted by Gasteiger charge is -2.07. The van der Waals surface area contributed by atoms with E-state index in [9.17, 15) is 13.2 Å². The summed E-state index contributed by atoms with van der Waals surface area (Å²) >= 11 is 0. The number of nitrogens with one attached hydrogen (secondary N) is 2. The highest BCUT2D eigenvalue weighted by Gasteiger charge is 2.44. The van der Waals surface area contributed by atoms with Crippen molar-refractivity contribution < 1.29 is 13.2 Å². The van der Waals surface area contributed by atoms with E-state index in [0.29, 0.717) is 6.54 Å². The average molecular weight is 332 g/mol. The lowest BCUT2D eigenvalue weighted by Crippen LogP contribution is -2.35. The van der Waals surface area contributed by atoms with Crippen LogP contribution >= 0.6 is 0 Å². The molecule has 122 valence electrons. The maximum atomic E-state index is 12.2. The Labute approximate surface area is 136 Å². The highest BCUT2D eigenvalue weighted by molar-refractivity contribution is 7.88. The van der Waals surface area contributed by atoms with Crippen molar-refractivity contribution in [2.24, 2.45) is 5.92 Å². The van der Waals surface area contributed by atoms with Gasteiger partial charge in [-0.3, -0.25) is 4.79 Å². The molecule has 0 heterocycles. The van der Waals surface area contributed by atoms with Crippen molar-refractivity contribution in [1.82, 2.24) is 10.0 Å². The lowest BCUT2D eigenvalue weighted by molar-refractivity contribution is -0.122. The Balaban J connectivity index is 1.59. The van der Waals surface area contributed by atoms with Crippen molar-refractivity contribution in [2.45, 2.75) is 12.3 Å². The number of sulfonamides is 1. The topological polar surface area (TPSA) is 75.3 Å². The number of fused-ring (bicyclic) bond motifs is 1. The smallest absolute Gasteiger partial charge is 0.223 e. The summed E-state index contributed by atoms with van der Waals surface area (Å²) in [6.07, 6.45) is 1.95. The minimum Gasteiger partial charge on any atom is -0.355 e. The summed E-state index contributed by atoms with van der Waals surface area (Å²) in [5.41, 5.74) is 1.22. The van der Waals surface area contributed by atoms with Gasteiger partial charge in [0.05, 0.1) is 6.26 Å². The molecule has 5 nitrogen and oxygen atoms in total. The van der Waals surface area contributed by atoms with Gasteiger partial charge in [0.25, 0.3) is 0 Å². The lowest BCUT2D eigenvalue weighted by atomic mass is 10.00. The Morgan fingerprint density at radius 3 is 2.65 bits per heavy atom. The third kappa shape index (κ3) is 3.89. The van der Waals surface area contributed by atoms with Gasteiger partial charge in [-0.25, -0.2) is 13.1 Å². The van der Waals surface area contributed by atoms with Crippen molar-refractivity contribution in [3.05, 3.63) is 48.0 Å². The minimum absolute atomic E-state index is 0.00163. The minimum atomic E-state index is -3.21. The van der Waals surface area contributed by atoms with Gasteiger partial charge in [-0.15, -0.1) is 0 Å². The summed E-state index contributed by atoms with van der Waals surface area (Å²) in [5, 5.41) is 5.19. The zero-order chi connectivity index (χ0) is 16.4. The Morgan fingerprint density at radius 2 is 1.87 bits per heavy atom. The largest absolute Gasteiger partial charge is 0.355 e. The van der Waals surface area contributed by atoms with Crippen LogP contribution in [-0.4, -0.2) is 33.7 Å². The zero-order valence-corrected chi connectivity index (χ0v) is 13.8. The molecule has 1 fully saturated rings. The SMILES string of the molecule is CS(=O)(=O)NCCNC(=O)[C@H]1C[C@H]1c1cccc2ccccc12. The zero-order valence-electron chi connectivity index (χ0n) is 13.0. The van der Waals surface area contributed by atoms with Crippen molar-refractivity contribution in [3.63, 3.8) is 0 Å². The molecule has 2 aromatic carbocycles. The van der Waals surface area contributed by atoms with Crippen LogP contribution in [-0.2, 0) is 14.8 Å². The van der Waals surface area contributed by atoms with Crippen LogP contribution in [0.15, 0.2) is 42.5 Å². The molecule has 2 N–H and O–H groups in total. The van der Waals surface area contributed by atoms with Crippen molar-refractivity contribution in [1.29, 1.82) is 0 Å². The number of hydrogen-bond donors (Lipinski definition) is 2. The van der Waals surface area contributed by atoms with Gasteiger partial charge in [-0.05, 0) is 28.7 Å². The molecule has 3 rings (SSSR count). The van der Waals surface area contributed by atoms with E-state index in [1.807, 2.05) is 18.2 Å². The molecule has 0 bridgehead atoms. The molecule has 23 heavy (non-hydrogen) atoms. The second kappa shape index (κ2) is 6.29. The molecular formula is C17H20N2O3S. The Kier molecular flexibility index (Phi) is 4.37. The quantitative estimate of drug-likeness (QED) is 0.789. The molecule has 0 aromatic heterocycles. The van der Waals surface area contributed by atoms with Gasteiger partial charge < -0.3 is 5.32 Å². The number of hydrogen-bond acceptors (Lipinski definition) is 3. The van der Waals surface area contributed by atoms with E-state index in [2.05, 4.69) is 34.3 Å². The summed E-state index contributed by atoms with van der Waals surface area (Å²) in [4.78, 5) is 12.2. The molecule has 2 aromatic rings. The summed E-state index contributed by atoms with van der Waals surface area (Å²) in [6.45, 7) is 0.529. The van der Waals surface area contributed by atoms with Crippen LogP contribution in [0.5, 0.6) is 0 Å². The Bertz CT molecular complexity index is 827. The molecule has 6 heteroatoms. The molecule has 0 spiro atoms. The van der Waals surface area contributed by atoms with Gasteiger partial charge in [-0.1, -0.05) is 42.5 Å². The van der Waals surface area contributed by atoms with Crippen LogP contribution in [0.25, 0.3) is 10.8 Å². The van der Waals surface area contributed by atoms with Crippen molar-refractivity contribution in [3.8, 4) is 0 Å². The maximum Gasteiger partial charge on any atom is 0.223 e. The third-order valence-corrected chi connectivity index (χ3v) is 4.87. The van der Waals surface area contributed by atoms with Gasteiger partial charge in [0.1, 0.15) is 0 Å². The predicted molar refractivity (Wildman–Crippen MR) is 90.7 cm³/mol. The monoisotopic (exact) mass is 332 g/mol. The van der Waals surface area contributed by atoms with Crippen LogP contribution in [0, 0.1) is 5.92 Å². The highest BCUT2D eigenvalue weighted by Crippen LogP contribution is 2.49. The molecular weight excluding hydrogens is 312 g/mol. The summed E-state index contributed by atoms with van der Waals surface area (Å²) in [5.74, 6) is 0.237. The van der Waals surface area contributed by atoms with Crippen molar-refractivity contribution >= 4 is 26.7 Å². The van der Waals surface area contributed by atoms with Crippen molar-refractivity contribution in [2.75, 3.05) is 19.3 Å². The summed E-state index contributed by atoms with van der Waals surface area (Å²) in [7, 11) is -3.21. The van der Waals surface area contributed by atoms with Crippen LogP contribution in [0.1, 0.15) is 17.9 Å². The molecule has 0 aliphatic heterocycles. The molecule has 1 aliphatic rings. The van der Waals surface area contributed by atoms with E-state index >= 15 is 0 Å². The summed E-state index contributed by atoms with van der Waals surface area (Å²) < 4.78 is 24.3. The fraction of sp³-hybridized carbons (Fsp3) is 0.353. The first-order valence-electron chi connectivity index (χ1n) is 7.66. The van der Waals surface area contributed by atoms with E-state index in [0.717, 1.165) is 12.7 Å². The third-order valence-electron chi connectivity index (χ3n) is 4.14. The Morgan fingerprint density at radius 1 is 1.13 bits per heavy atom. The normalized spacial score (nSPS) is 20.4. The number of benzene rings is 2. The van der Waals surface area contributed by atoms with Gasteiger partial charge in [-0.2, -0.15) is 0 Å². The number of carbonyl (C=O) groups excluding carboxylic acids is 1. The maximum absolute atomic E-state index is 12.2. The first-order chi connectivity index (χ1) is 11.0. The Hall–Kier alpha value is -1.92.